The predicted octanol–water partition coefficient (Wildman–Crippen LogP) is 3.34. The van der Waals surface area contributed by atoms with Gasteiger partial charge < -0.3 is 14.4 Å². The van der Waals surface area contributed by atoms with Crippen molar-refractivity contribution in [2.24, 2.45) is 0 Å². The first-order valence-electron chi connectivity index (χ1n) is 9.23. The van der Waals surface area contributed by atoms with Gasteiger partial charge in [-0.15, -0.1) is 0 Å². The van der Waals surface area contributed by atoms with Crippen molar-refractivity contribution in [3.05, 3.63) is 48.0 Å². The van der Waals surface area contributed by atoms with Crippen LogP contribution in [-0.2, 0) is 4.79 Å². The normalized spacial score (nSPS) is 15.8. The molecule has 0 aliphatic carbocycles. The minimum Gasteiger partial charge on any atom is -0.485 e. The predicted molar refractivity (Wildman–Crippen MR) is 112 cm³/mol. The number of amides is 1. The lowest BCUT2D eigenvalue weighted by atomic mass is 10.2. The maximum absolute atomic E-state index is 13.3. The van der Waals surface area contributed by atoms with Crippen molar-refractivity contribution in [2.75, 3.05) is 38.7 Å². The number of aromatic nitrogens is 1. The molecule has 1 aliphatic heterocycles. The van der Waals surface area contributed by atoms with Gasteiger partial charge in [-0.2, -0.15) is 0 Å². The number of rotatable bonds is 5. The first kappa shape index (κ1) is 18.7. The maximum Gasteiger partial charge on any atom is 0.273 e. The molecule has 0 saturated carbocycles. The van der Waals surface area contributed by atoms with E-state index in [4.69, 9.17) is 14.5 Å². The van der Waals surface area contributed by atoms with Crippen LogP contribution in [0.5, 0.6) is 11.5 Å². The third-order valence-electron chi connectivity index (χ3n) is 4.58. The Morgan fingerprint density at radius 3 is 2.75 bits per heavy atom. The molecule has 0 spiro atoms. The standard InChI is InChI=1S/C21H23N3O3S/c1-14-8-9-15-19(12-14)28-21(22-15)24(11-10-23(2)3)20(25)18-13-26-16-6-4-5-7-17(16)27-18/h4-9,12,18H,10-11,13H2,1-3H3/t18-/m0/s1. The summed E-state index contributed by atoms with van der Waals surface area (Å²) in [5.74, 6) is 1.13. The van der Waals surface area contributed by atoms with Crippen LogP contribution in [0.25, 0.3) is 10.2 Å². The zero-order chi connectivity index (χ0) is 19.7. The Balaban J connectivity index is 1.62. The minimum absolute atomic E-state index is 0.132. The highest BCUT2D eigenvalue weighted by molar-refractivity contribution is 7.22. The van der Waals surface area contributed by atoms with Crippen LogP contribution in [0.2, 0.25) is 0 Å². The number of carbonyl (C=O) groups excluding carboxylic acids is 1. The maximum atomic E-state index is 13.3. The third kappa shape index (κ3) is 3.81. The highest BCUT2D eigenvalue weighted by Gasteiger charge is 2.33. The van der Waals surface area contributed by atoms with Gasteiger partial charge in [-0.1, -0.05) is 29.5 Å². The van der Waals surface area contributed by atoms with Crippen molar-refractivity contribution in [2.45, 2.75) is 13.0 Å². The number of thiazole rings is 1. The summed E-state index contributed by atoms with van der Waals surface area (Å²) in [5, 5.41) is 0.690. The lowest BCUT2D eigenvalue weighted by Crippen LogP contribution is -2.48. The second kappa shape index (κ2) is 7.77. The van der Waals surface area contributed by atoms with Crippen LogP contribution in [0.15, 0.2) is 42.5 Å². The summed E-state index contributed by atoms with van der Waals surface area (Å²) in [6.45, 7) is 3.51. The monoisotopic (exact) mass is 397 g/mol. The first-order valence-corrected chi connectivity index (χ1v) is 10.0. The Morgan fingerprint density at radius 1 is 1.18 bits per heavy atom. The molecule has 1 atom stereocenters. The summed E-state index contributed by atoms with van der Waals surface area (Å²) < 4.78 is 12.8. The zero-order valence-electron chi connectivity index (χ0n) is 16.2. The number of hydrogen-bond acceptors (Lipinski definition) is 6. The van der Waals surface area contributed by atoms with Gasteiger partial charge in [0.1, 0.15) is 6.61 Å². The molecule has 0 unspecified atom stereocenters. The smallest absolute Gasteiger partial charge is 0.273 e. The van der Waals surface area contributed by atoms with Gasteiger partial charge in [-0.3, -0.25) is 9.69 Å². The Morgan fingerprint density at radius 2 is 1.96 bits per heavy atom. The van der Waals surface area contributed by atoms with E-state index in [-0.39, 0.29) is 12.5 Å². The molecule has 146 valence electrons. The van der Waals surface area contributed by atoms with Crippen molar-refractivity contribution >= 4 is 32.6 Å². The van der Waals surface area contributed by atoms with E-state index in [0.717, 1.165) is 16.8 Å². The number of benzene rings is 2. The molecule has 0 N–H and O–H groups in total. The van der Waals surface area contributed by atoms with Crippen molar-refractivity contribution in [1.29, 1.82) is 0 Å². The molecule has 1 amide bonds. The van der Waals surface area contributed by atoms with Crippen LogP contribution in [-0.4, -0.2) is 55.7 Å². The fourth-order valence-electron chi connectivity index (χ4n) is 3.05. The molecule has 7 heteroatoms. The first-order chi connectivity index (χ1) is 13.5. The van der Waals surface area contributed by atoms with Gasteiger partial charge in [0, 0.05) is 13.1 Å². The van der Waals surface area contributed by atoms with Crippen molar-refractivity contribution in [3.8, 4) is 11.5 Å². The van der Waals surface area contributed by atoms with E-state index in [1.807, 2.05) is 55.4 Å². The van der Waals surface area contributed by atoms with E-state index >= 15 is 0 Å². The number of hydrogen-bond donors (Lipinski definition) is 0. The van der Waals surface area contributed by atoms with Gasteiger partial charge in [0.05, 0.1) is 10.2 Å². The molecular weight excluding hydrogens is 374 g/mol. The van der Waals surface area contributed by atoms with Gasteiger partial charge >= 0.3 is 0 Å². The topological polar surface area (TPSA) is 54.9 Å². The van der Waals surface area contributed by atoms with E-state index in [2.05, 4.69) is 13.0 Å². The number of para-hydroxylation sites is 2. The number of aryl methyl sites for hydroxylation is 1. The molecule has 2 aromatic carbocycles. The number of fused-ring (bicyclic) bond motifs is 2. The highest BCUT2D eigenvalue weighted by Crippen LogP contribution is 2.33. The Bertz CT molecular complexity index is 1000. The molecular formula is C21H23N3O3S. The summed E-state index contributed by atoms with van der Waals surface area (Å²) >= 11 is 1.53. The van der Waals surface area contributed by atoms with Crippen LogP contribution in [0.1, 0.15) is 5.56 Å². The molecule has 0 saturated heterocycles. The molecule has 1 aromatic heterocycles. The van der Waals surface area contributed by atoms with Crippen LogP contribution in [0.4, 0.5) is 5.13 Å². The Labute approximate surface area is 168 Å². The van der Waals surface area contributed by atoms with E-state index in [1.54, 1.807) is 4.90 Å². The lowest BCUT2D eigenvalue weighted by Gasteiger charge is -2.30. The van der Waals surface area contributed by atoms with Crippen LogP contribution >= 0.6 is 11.3 Å². The number of nitrogens with zero attached hydrogens (tertiary/aromatic N) is 3. The van der Waals surface area contributed by atoms with Crippen molar-refractivity contribution in [3.63, 3.8) is 0 Å². The Kier molecular flexibility index (Phi) is 5.19. The molecule has 1 aliphatic rings. The zero-order valence-corrected chi connectivity index (χ0v) is 17.0. The molecule has 4 rings (SSSR count). The fourth-order valence-corrected chi connectivity index (χ4v) is 4.15. The van der Waals surface area contributed by atoms with E-state index in [1.165, 1.54) is 16.9 Å². The molecule has 3 aromatic rings. The van der Waals surface area contributed by atoms with Crippen molar-refractivity contribution < 1.29 is 14.3 Å². The van der Waals surface area contributed by atoms with Crippen LogP contribution in [0.3, 0.4) is 0 Å². The fraction of sp³-hybridized carbons (Fsp3) is 0.333. The van der Waals surface area contributed by atoms with E-state index in [0.29, 0.717) is 23.2 Å². The third-order valence-corrected chi connectivity index (χ3v) is 5.63. The largest absolute Gasteiger partial charge is 0.485 e. The molecule has 2 heterocycles. The second-order valence-electron chi connectivity index (χ2n) is 7.13. The number of likely N-dealkylation sites (N-methyl/N-ethyl adjacent to an activating group) is 1. The summed E-state index contributed by atoms with van der Waals surface area (Å²) in [7, 11) is 3.97. The summed E-state index contributed by atoms with van der Waals surface area (Å²) in [6.07, 6.45) is -0.689. The van der Waals surface area contributed by atoms with Gasteiger partial charge in [-0.25, -0.2) is 4.98 Å². The van der Waals surface area contributed by atoms with Crippen LogP contribution in [0, 0.1) is 6.92 Å². The number of ether oxygens (including phenoxy) is 2. The quantitative estimate of drug-likeness (QED) is 0.661. The lowest BCUT2D eigenvalue weighted by molar-refractivity contribution is -0.127. The average molecular weight is 398 g/mol. The number of anilines is 1. The molecule has 6 nitrogen and oxygen atoms in total. The van der Waals surface area contributed by atoms with Gasteiger partial charge in [-0.05, 0) is 50.8 Å². The second-order valence-corrected chi connectivity index (χ2v) is 8.13. The minimum atomic E-state index is -0.689. The van der Waals surface area contributed by atoms with Crippen LogP contribution < -0.4 is 14.4 Å². The summed E-state index contributed by atoms with van der Waals surface area (Å²) in [5.41, 5.74) is 2.08. The molecule has 0 fully saturated rings. The SMILES string of the molecule is Cc1ccc2nc(N(CCN(C)C)C(=O)[C@@H]3COc4ccccc4O3)sc2c1. The summed E-state index contributed by atoms with van der Waals surface area (Å²) in [6, 6.07) is 13.5. The molecule has 28 heavy (non-hydrogen) atoms. The van der Waals surface area contributed by atoms with E-state index < -0.39 is 6.10 Å². The van der Waals surface area contributed by atoms with E-state index in [9.17, 15) is 4.79 Å². The Hall–Kier alpha value is -2.64. The van der Waals surface area contributed by atoms with Crippen molar-refractivity contribution in [1.82, 2.24) is 9.88 Å². The average Bonchev–Trinajstić information content (AvgIpc) is 3.10. The molecule has 0 radical (unpaired) electrons. The van der Waals surface area contributed by atoms with Gasteiger partial charge in [0.15, 0.2) is 16.6 Å². The van der Waals surface area contributed by atoms with Gasteiger partial charge in [0.25, 0.3) is 5.91 Å². The summed E-state index contributed by atoms with van der Waals surface area (Å²) in [4.78, 5) is 21.8. The van der Waals surface area contributed by atoms with Gasteiger partial charge in [0.2, 0.25) is 6.10 Å². The highest BCUT2D eigenvalue weighted by atomic mass is 32.1. The molecule has 0 bridgehead atoms. The number of carbonyl (C=O) groups is 1.